The Morgan fingerprint density at radius 2 is 2.08 bits per heavy atom. The van der Waals surface area contributed by atoms with E-state index < -0.39 is 0 Å². The summed E-state index contributed by atoms with van der Waals surface area (Å²) in [5, 5.41) is 10.5. The van der Waals surface area contributed by atoms with Crippen molar-refractivity contribution in [2.75, 3.05) is 52.8 Å². The second kappa shape index (κ2) is 8.44. The third-order valence-electron chi connectivity index (χ3n) is 4.10. The van der Waals surface area contributed by atoms with Gasteiger partial charge in [-0.15, -0.1) is 11.3 Å². The van der Waals surface area contributed by atoms with Crippen LogP contribution in [0, 0.1) is 0 Å². The Balaban J connectivity index is 1.92. The predicted molar refractivity (Wildman–Crippen MR) is 108 cm³/mol. The standard InChI is InChI=1S/C19H24N4O2S/c1-23(2)9-7-20-18-15-6-11-26-17(15)14-5-4-13(12-16(14)22-18)19(24)21-8-10-25-3/h4-6,11-12H,7-10H2,1-3H3,(H,20,22)(H,21,24). The molecule has 2 N–H and O–H groups in total. The number of hydrogen-bond donors (Lipinski definition) is 2. The van der Waals surface area contributed by atoms with Crippen LogP contribution >= 0.6 is 11.3 Å². The van der Waals surface area contributed by atoms with E-state index in [9.17, 15) is 4.79 Å². The first-order chi connectivity index (χ1) is 12.6. The van der Waals surface area contributed by atoms with Crippen LogP contribution < -0.4 is 10.6 Å². The van der Waals surface area contributed by atoms with Crippen LogP contribution in [-0.2, 0) is 4.74 Å². The molecule has 2 aromatic heterocycles. The molecule has 0 spiro atoms. The molecule has 1 amide bonds. The van der Waals surface area contributed by atoms with Gasteiger partial charge in [-0.05, 0) is 37.7 Å². The highest BCUT2D eigenvalue weighted by molar-refractivity contribution is 7.18. The highest BCUT2D eigenvalue weighted by Crippen LogP contribution is 2.33. The van der Waals surface area contributed by atoms with Gasteiger partial charge in [0.05, 0.1) is 12.1 Å². The first-order valence-corrected chi connectivity index (χ1v) is 9.45. The first kappa shape index (κ1) is 18.6. The number of carbonyl (C=O) groups excluding carboxylic acids is 1. The van der Waals surface area contributed by atoms with Gasteiger partial charge in [0, 0.05) is 47.8 Å². The van der Waals surface area contributed by atoms with Crippen LogP contribution in [0.5, 0.6) is 0 Å². The highest BCUT2D eigenvalue weighted by Gasteiger charge is 2.12. The number of benzene rings is 1. The second-order valence-electron chi connectivity index (χ2n) is 6.33. The van der Waals surface area contributed by atoms with Crippen molar-refractivity contribution >= 4 is 44.1 Å². The van der Waals surface area contributed by atoms with E-state index in [-0.39, 0.29) is 5.91 Å². The molecule has 0 radical (unpaired) electrons. The summed E-state index contributed by atoms with van der Waals surface area (Å²) in [6.07, 6.45) is 0. The summed E-state index contributed by atoms with van der Waals surface area (Å²) < 4.78 is 6.16. The van der Waals surface area contributed by atoms with Crippen molar-refractivity contribution in [1.82, 2.24) is 15.2 Å². The molecule has 7 heteroatoms. The van der Waals surface area contributed by atoms with Gasteiger partial charge in [0.25, 0.3) is 5.91 Å². The lowest BCUT2D eigenvalue weighted by molar-refractivity contribution is 0.0937. The van der Waals surface area contributed by atoms with Crippen LogP contribution in [0.15, 0.2) is 29.6 Å². The minimum absolute atomic E-state index is 0.112. The van der Waals surface area contributed by atoms with E-state index >= 15 is 0 Å². The Bertz CT molecular complexity index is 907. The lowest BCUT2D eigenvalue weighted by Gasteiger charge is -2.13. The van der Waals surface area contributed by atoms with E-state index in [1.165, 1.54) is 4.70 Å². The molecular weight excluding hydrogens is 348 g/mol. The summed E-state index contributed by atoms with van der Waals surface area (Å²) in [4.78, 5) is 19.2. The number of hydrogen-bond acceptors (Lipinski definition) is 6. The van der Waals surface area contributed by atoms with Crippen LogP contribution in [0.25, 0.3) is 21.0 Å². The largest absolute Gasteiger partial charge is 0.383 e. The van der Waals surface area contributed by atoms with Crippen molar-refractivity contribution in [2.24, 2.45) is 0 Å². The van der Waals surface area contributed by atoms with Gasteiger partial charge < -0.3 is 20.3 Å². The van der Waals surface area contributed by atoms with Crippen molar-refractivity contribution in [3.05, 3.63) is 35.2 Å². The number of fused-ring (bicyclic) bond motifs is 3. The Hall–Kier alpha value is -2.22. The summed E-state index contributed by atoms with van der Waals surface area (Å²) in [6.45, 7) is 2.72. The molecule has 6 nitrogen and oxygen atoms in total. The van der Waals surface area contributed by atoms with Gasteiger partial charge in [0.15, 0.2) is 0 Å². The Morgan fingerprint density at radius 1 is 1.23 bits per heavy atom. The quantitative estimate of drug-likeness (QED) is 0.595. The average molecular weight is 372 g/mol. The minimum atomic E-state index is -0.112. The maximum absolute atomic E-state index is 12.3. The Morgan fingerprint density at radius 3 is 2.85 bits per heavy atom. The molecule has 0 fully saturated rings. The molecule has 0 aliphatic rings. The summed E-state index contributed by atoms with van der Waals surface area (Å²) >= 11 is 1.69. The van der Waals surface area contributed by atoms with Crippen LogP contribution in [0.1, 0.15) is 10.4 Å². The summed E-state index contributed by atoms with van der Waals surface area (Å²) in [6, 6.07) is 7.78. The van der Waals surface area contributed by atoms with Gasteiger partial charge in [-0.2, -0.15) is 0 Å². The lowest BCUT2D eigenvalue weighted by Crippen LogP contribution is -2.26. The van der Waals surface area contributed by atoms with Crippen LogP contribution in [0.3, 0.4) is 0 Å². The number of aromatic nitrogens is 1. The SMILES string of the molecule is COCCNC(=O)c1ccc2c(c1)nc(NCCN(C)C)c1ccsc12. The van der Waals surface area contributed by atoms with Crippen molar-refractivity contribution in [2.45, 2.75) is 0 Å². The molecule has 0 saturated heterocycles. The van der Waals surface area contributed by atoms with Crippen LogP contribution in [0.4, 0.5) is 5.82 Å². The molecule has 0 atom stereocenters. The third-order valence-corrected chi connectivity index (χ3v) is 5.05. The maximum Gasteiger partial charge on any atom is 0.251 e. The molecule has 0 saturated carbocycles. The number of ether oxygens (including phenoxy) is 1. The molecule has 0 unspecified atom stereocenters. The topological polar surface area (TPSA) is 66.5 Å². The number of nitrogens with one attached hydrogen (secondary N) is 2. The number of anilines is 1. The molecule has 3 rings (SSSR count). The van der Waals surface area contributed by atoms with E-state index in [1.54, 1.807) is 18.4 Å². The van der Waals surface area contributed by atoms with Crippen molar-refractivity contribution in [1.29, 1.82) is 0 Å². The van der Waals surface area contributed by atoms with Crippen LogP contribution in [-0.4, -0.2) is 63.2 Å². The molecule has 0 bridgehead atoms. The fourth-order valence-corrected chi connectivity index (χ4v) is 3.68. The van der Waals surface area contributed by atoms with E-state index in [0.717, 1.165) is 35.2 Å². The third kappa shape index (κ3) is 4.12. The average Bonchev–Trinajstić information content (AvgIpc) is 3.11. The molecule has 26 heavy (non-hydrogen) atoms. The molecule has 2 heterocycles. The predicted octanol–water partition coefficient (Wildman–Crippen LogP) is 2.80. The van der Waals surface area contributed by atoms with Crippen molar-refractivity contribution < 1.29 is 9.53 Å². The summed E-state index contributed by atoms with van der Waals surface area (Å²) in [5.74, 6) is 0.756. The van der Waals surface area contributed by atoms with Crippen molar-refractivity contribution in [3.8, 4) is 0 Å². The molecule has 3 aromatic rings. The summed E-state index contributed by atoms with van der Waals surface area (Å²) in [7, 11) is 5.71. The van der Waals surface area contributed by atoms with Gasteiger partial charge in [-0.3, -0.25) is 4.79 Å². The molecule has 0 aliphatic carbocycles. The van der Waals surface area contributed by atoms with Crippen LogP contribution in [0.2, 0.25) is 0 Å². The number of nitrogens with zero attached hydrogens (tertiary/aromatic N) is 2. The van der Waals surface area contributed by atoms with Crippen molar-refractivity contribution in [3.63, 3.8) is 0 Å². The smallest absolute Gasteiger partial charge is 0.251 e. The van der Waals surface area contributed by atoms with Gasteiger partial charge in [-0.1, -0.05) is 6.07 Å². The summed E-state index contributed by atoms with van der Waals surface area (Å²) in [5.41, 5.74) is 1.43. The fourth-order valence-electron chi connectivity index (χ4n) is 2.74. The second-order valence-corrected chi connectivity index (χ2v) is 7.25. The van der Waals surface area contributed by atoms with Gasteiger partial charge in [0.2, 0.25) is 0 Å². The zero-order chi connectivity index (χ0) is 18.5. The number of thiophene rings is 1. The number of carbonyl (C=O) groups is 1. The number of likely N-dealkylation sites (N-methyl/N-ethyl adjacent to an activating group) is 1. The van der Waals surface area contributed by atoms with E-state index in [2.05, 4.69) is 27.0 Å². The van der Waals surface area contributed by atoms with Gasteiger partial charge >= 0.3 is 0 Å². The number of pyridine rings is 1. The van der Waals surface area contributed by atoms with E-state index in [1.807, 2.05) is 32.3 Å². The first-order valence-electron chi connectivity index (χ1n) is 8.57. The Kier molecular flexibility index (Phi) is 6.03. The van der Waals surface area contributed by atoms with Gasteiger partial charge in [-0.25, -0.2) is 4.98 Å². The Labute approximate surface area is 157 Å². The van der Waals surface area contributed by atoms with Gasteiger partial charge in [0.1, 0.15) is 5.82 Å². The number of amides is 1. The highest BCUT2D eigenvalue weighted by atomic mass is 32.1. The van der Waals surface area contributed by atoms with E-state index in [0.29, 0.717) is 18.7 Å². The molecular formula is C19H24N4O2S. The minimum Gasteiger partial charge on any atom is -0.383 e. The molecule has 0 aliphatic heterocycles. The zero-order valence-electron chi connectivity index (χ0n) is 15.3. The molecule has 138 valence electrons. The number of rotatable bonds is 8. The zero-order valence-corrected chi connectivity index (χ0v) is 16.2. The van der Waals surface area contributed by atoms with E-state index in [4.69, 9.17) is 9.72 Å². The number of methoxy groups -OCH3 is 1. The normalized spacial score (nSPS) is 11.4. The maximum atomic E-state index is 12.3. The monoisotopic (exact) mass is 372 g/mol. The fraction of sp³-hybridized carbons (Fsp3) is 0.368. The molecule has 1 aromatic carbocycles. The lowest BCUT2D eigenvalue weighted by atomic mass is 10.1.